The largest absolute Gasteiger partial charge is 0.524 e. The minimum absolute atomic E-state index is 0.0288. The summed E-state index contributed by atoms with van der Waals surface area (Å²) in [5, 5.41) is 6.04. The van der Waals surface area contributed by atoms with E-state index in [2.05, 4.69) is 5.32 Å². The van der Waals surface area contributed by atoms with Crippen LogP contribution in [0, 0.1) is 5.92 Å². The van der Waals surface area contributed by atoms with Gasteiger partial charge in [0.15, 0.2) is 0 Å². The average molecular weight is 713 g/mol. The Morgan fingerprint density at radius 1 is 0.833 bits per heavy atom. The lowest BCUT2D eigenvalue weighted by Gasteiger charge is -2.21. The monoisotopic (exact) mass is 711 g/mol. The predicted molar refractivity (Wildman–Crippen MR) is 190 cm³/mol. The van der Waals surface area contributed by atoms with Gasteiger partial charge < -0.3 is 19.6 Å². The van der Waals surface area contributed by atoms with Crippen molar-refractivity contribution in [2.45, 2.75) is 44.9 Å². The van der Waals surface area contributed by atoms with Crippen molar-refractivity contribution >= 4 is 87.4 Å². The molecule has 48 heavy (non-hydrogen) atoms. The van der Waals surface area contributed by atoms with Gasteiger partial charge in [-0.3, -0.25) is 24.2 Å². The minimum Gasteiger partial charge on any atom is -0.404 e. The number of nitrogens with one attached hydrogen (secondary N) is 1. The Morgan fingerprint density at radius 2 is 1.31 bits per heavy atom. The number of benzene rings is 4. The van der Waals surface area contributed by atoms with Crippen LogP contribution in [0.1, 0.15) is 56.1 Å². The second-order valence-electron chi connectivity index (χ2n) is 12.5. The Hall–Kier alpha value is -3.66. The van der Waals surface area contributed by atoms with Gasteiger partial charge in [-0.05, 0) is 34.4 Å². The highest BCUT2D eigenvalue weighted by molar-refractivity contribution is 7.46. The molecule has 0 fully saturated rings. The highest BCUT2D eigenvalue weighted by Crippen LogP contribution is 2.49. The van der Waals surface area contributed by atoms with Gasteiger partial charge in [0.25, 0.3) is 0 Å². The smallest absolute Gasteiger partial charge is 0.404 e. The van der Waals surface area contributed by atoms with Gasteiger partial charge >= 0.3 is 7.82 Å². The lowest BCUT2D eigenvalue weighted by molar-refractivity contribution is -0.120. The summed E-state index contributed by atoms with van der Waals surface area (Å²) < 4.78 is 16.8. The Labute approximate surface area is 288 Å². The van der Waals surface area contributed by atoms with Crippen LogP contribution in [0.25, 0.3) is 21.5 Å². The van der Waals surface area contributed by atoms with Crippen molar-refractivity contribution < 1.29 is 33.3 Å². The molecule has 3 N–H and O–H groups in total. The quantitative estimate of drug-likeness (QED) is 0.116. The molecule has 0 bridgehead atoms. The molecule has 2 aliphatic heterocycles. The van der Waals surface area contributed by atoms with Gasteiger partial charge in [0, 0.05) is 78.0 Å². The molecule has 4 aromatic rings. The summed E-state index contributed by atoms with van der Waals surface area (Å²) in [6.07, 6.45) is 0.440. The predicted octanol–water partition coefficient (Wildman–Crippen LogP) is 7.27. The molecule has 13 heteroatoms. The fraction of sp³-hybridized carbons (Fsp3) is 0.343. The van der Waals surface area contributed by atoms with Crippen LogP contribution >= 0.6 is 31.0 Å². The summed E-state index contributed by atoms with van der Waals surface area (Å²) in [6.45, 7) is 4.33. The zero-order chi connectivity index (χ0) is 34.3. The molecule has 2 aliphatic rings. The molecule has 0 unspecified atom stereocenters. The maximum atomic E-state index is 13.7. The van der Waals surface area contributed by atoms with Gasteiger partial charge in [-0.2, -0.15) is 0 Å². The molecule has 6 rings (SSSR count). The molecule has 0 aliphatic carbocycles. The molecular weight excluding hydrogens is 676 g/mol. The number of anilines is 3. The number of rotatable bonds is 10. The molecule has 3 amide bonds. The van der Waals surface area contributed by atoms with E-state index in [9.17, 15) is 28.7 Å². The van der Waals surface area contributed by atoms with E-state index in [-0.39, 0.29) is 66.4 Å². The van der Waals surface area contributed by atoms with E-state index in [0.29, 0.717) is 46.8 Å². The number of fused-ring (bicyclic) bond motifs is 6. The van der Waals surface area contributed by atoms with Crippen molar-refractivity contribution in [3.63, 3.8) is 0 Å². The third-order valence-electron chi connectivity index (χ3n) is 9.05. The van der Waals surface area contributed by atoms with Crippen LogP contribution in [0.15, 0.2) is 60.7 Å². The normalized spacial score (nSPS) is 17.2. The topological polar surface area (TPSA) is 136 Å². The van der Waals surface area contributed by atoms with E-state index >= 15 is 0 Å². The third kappa shape index (κ3) is 6.52. The molecular formula is C35H36Cl2N3O7P. The van der Waals surface area contributed by atoms with Crippen LogP contribution in [-0.4, -0.2) is 52.4 Å². The van der Waals surface area contributed by atoms with Crippen LogP contribution in [0.5, 0.6) is 5.75 Å². The van der Waals surface area contributed by atoms with E-state index in [0.717, 1.165) is 21.9 Å². The van der Waals surface area contributed by atoms with Crippen LogP contribution in [0.3, 0.4) is 0 Å². The zero-order valence-electron chi connectivity index (χ0n) is 26.5. The summed E-state index contributed by atoms with van der Waals surface area (Å²) in [5.41, 5.74) is 3.60. The lowest BCUT2D eigenvalue weighted by Crippen LogP contribution is -2.32. The SMILES string of the molecule is CC(C)C(=O)Nc1cc2c(c3ccccc13)[C@H](CCl)CN2C(=O)CCCC(=O)N1C[C@@H](CCl)c2c1cc(OP(=O)(O)O)c1ccccc21. The number of alkyl halides is 2. The average Bonchev–Trinajstić information content (AvgIpc) is 3.62. The van der Waals surface area contributed by atoms with E-state index < -0.39 is 7.82 Å². The Balaban J connectivity index is 1.23. The molecule has 4 aromatic carbocycles. The first kappa shape index (κ1) is 34.2. The minimum atomic E-state index is -4.88. The van der Waals surface area contributed by atoms with Crippen molar-refractivity contribution in [2.24, 2.45) is 5.92 Å². The first-order valence-corrected chi connectivity index (χ1v) is 18.4. The highest BCUT2D eigenvalue weighted by Gasteiger charge is 2.37. The summed E-state index contributed by atoms with van der Waals surface area (Å²) in [7, 11) is -4.88. The molecule has 0 aromatic heterocycles. The van der Waals surface area contributed by atoms with Crippen molar-refractivity contribution in [1.29, 1.82) is 0 Å². The number of hydrogen-bond donors (Lipinski definition) is 3. The zero-order valence-corrected chi connectivity index (χ0v) is 28.9. The number of phosphoric acid groups is 1. The van der Waals surface area contributed by atoms with E-state index in [1.54, 1.807) is 28.0 Å². The first-order chi connectivity index (χ1) is 22.9. The van der Waals surface area contributed by atoms with Crippen LogP contribution in [0.2, 0.25) is 0 Å². The number of phosphoric ester groups is 1. The summed E-state index contributed by atoms with van der Waals surface area (Å²) in [5.74, 6) is -0.520. The number of carbonyl (C=O) groups excluding carboxylic acids is 3. The summed E-state index contributed by atoms with van der Waals surface area (Å²) in [4.78, 5) is 62.4. The van der Waals surface area contributed by atoms with Crippen LogP contribution < -0.4 is 19.6 Å². The lowest BCUT2D eigenvalue weighted by atomic mass is 9.94. The Morgan fingerprint density at radius 3 is 1.81 bits per heavy atom. The van der Waals surface area contributed by atoms with Gasteiger partial charge in [0.1, 0.15) is 5.75 Å². The van der Waals surface area contributed by atoms with E-state index in [1.165, 1.54) is 6.07 Å². The summed E-state index contributed by atoms with van der Waals surface area (Å²) >= 11 is 12.8. The van der Waals surface area contributed by atoms with Crippen molar-refractivity contribution in [2.75, 3.05) is 40.0 Å². The standard InChI is InChI=1S/C35H36Cl2N3O7P/c1-20(2)35(43)38-27-14-28-33(25-10-5-3-8-23(25)27)21(16-36)18-39(28)31(41)12-7-13-32(42)40-19-22(17-37)34-26-11-6-4-9-24(26)30(15-29(34)40)47-48(44,45)46/h3-6,8-11,14-15,20-22H,7,12-13,16-19H2,1-2H3,(H,38,43)(H2,44,45,46)/t21-,22-/m1/s1. The molecule has 0 spiro atoms. The molecule has 2 heterocycles. The fourth-order valence-electron chi connectivity index (χ4n) is 6.83. The van der Waals surface area contributed by atoms with Gasteiger partial charge in [-0.1, -0.05) is 62.4 Å². The van der Waals surface area contributed by atoms with Gasteiger partial charge in [-0.15, -0.1) is 23.2 Å². The molecule has 2 atom stereocenters. The van der Waals surface area contributed by atoms with E-state index in [4.69, 9.17) is 27.7 Å². The highest BCUT2D eigenvalue weighted by atomic mass is 35.5. The Kier molecular flexibility index (Phi) is 9.76. The summed E-state index contributed by atoms with van der Waals surface area (Å²) in [6, 6.07) is 18.2. The maximum Gasteiger partial charge on any atom is 0.524 e. The molecule has 252 valence electrons. The van der Waals surface area contributed by atoms with Crippen molar-refractivity contribution in [3.8, 4) is 5.75 Å². The second-order valence-corrected chi connectivity index (χ2v) is 14.3. The number of amides is 3. The molecule has 10 nitrogen and oxygen atoms in total. The molecule has 0 saturated heterocycles. The van der Waals surface area contributed by atoms with Gasteiger partial charge in [0.2, 0.25) is 17.7 Å². The van der Waals surface area contributed by atoms with Crippen LogP contribution in [0.4, 0.5) is 17.1 Å². The van der Waals surface area contributed by atoms with Crippen molar-refractivity contribution in [1.82, 2.24) is 0 Å². The maximum absolute atomic E-state index is 13.7. The third-order valence-corrected chi connectivity index (χ3v) is 10.2. The second kappa shape index (κ2) is 13.7. The fourth-order valence-corrected chi connectivity index (χ4v) is 7.74. The van der Waals surface area contributed by atoms with Crippen molar-refractivity contribution in [3.05, 3.63) is 71.8 Å². The first-order valence-electron chi connectivity index (χ1n) is 15.8. The number of nitrogens with zero attached hydrogens (tertiary/aromatic N) is 2. The number of hydrogen-bond acceptors (Lipinski definition) is 5. The van der Waals surface area contributed by atoms with Gasteiger partial charge in [-0.25, -0.2) is 4.57 Å². The van der Waals surface area contributed by atoms with Gasteiger partial charge in [0.05, 0.1) is 11.4 Å². The number of carbonyl (C=O) groups is 3. The van der Waals surface area contributed by atoms with E-state index in [1.807, 2.05) is 50.2 Å². The van der Waals surface area contributed by atoms with Crippen LogP contribution in [-0.2, 0) is 18.9 Å². The Bertz CT molecular complexity index is 1980. The molecule has 0 saturated carbocycles. The molecule has 0 radical (unpaired) electrons. The number of halogens is 2.